The van der Waals surface area contributed by atoms with E-state index in [1.165, 1.54) is 73.6 Å². The van der Waals surface area contributed by atoms with E-state index in [4.69, 9.17) is 0 Å². The van der Waals surface area contributed by atoms with Crippen LogP contribution in [0.5, 0.6) is 0 Å². The van der Waals surface area contributed by atoms with Crippen LogP contribution in [0, 0.1) is 11.8 Å². The second-order valence-corrected chi connectivity index (χ2v) is 12.2. The first kappa shape index (κ1) is 26.1. The number of carbonyl (C=O) groups excluding carboxylic acids is 1. The molecule has 2 atom stereocenters. The molecule has 2 aromatic rings. The number of ketones is 1. The first-order chi connectivity index (χ1) is 16.7. The third-order valence-corrected chi connectivity index (χ3v) is 9.10. The maximum atomic E-state index is 14.4. The molecule has 0 aromatic heterocycles. The number of carbonyl (C=O) groups is 1. The Morgan fingerprint density at radius 2 is 1.00 bits per heavy atom. The maximum Gasteiger partial charge on any atom is 0.147 e. The molecule has 0 heterocycles. The Bertz CT molecular complexity index is 803. The van der Waals surface area contributed by atoms with Crippen LogP contribution in [0.2, 0.25) is 0 Å². The Hall–Kier alpha value is -0.930. The highest BCUT2D eigenvalue weighted by Crippen LogP contribution is 2.41. The van der Waals surface area contributed by atoms with Gasteiger partial charge in [-0.25, -0.2) is 0 Å². The van der Waals surface area contributed by atoms with E-state index in [0.717, 1.165) is 36.3 Å². The van der Waals surface area contributed by atoms with Crippen molar-refractivity contribution in [3.05, 3.63) is 70.8 Å². The van der Waals surface area contributed by atoms with E-state index in [1.54, 1.807) is 0 Å². The summed E-state index contributed by atoms with van der Waals surface area (Å²) >= 11 is 7.12. The van der Waals surface area contributed by atoms with Crippen LogP contribution in [0.3, 0.4) is 0 Å². The zero-order chi connectivity index (χ0) is 23.8. The zero-order valence-electron chi connectivity index (χ0n) is 20.5. The molecule has 2 aliphatic rings. The van der Waals surface area contributed by atoms with E-state index < -0.39 is 0 Å². The average Bonchev–Trinajstić information content (AvgIpc) is 3.57. The van der Waals surface area contributed by atoms with Crippen molar-refractivity contribution in [2.24, 2.45) is 11.8 Å². The Kier molecular flexibility index (Phi) is 10.3. The van der Waals surface area contributed by atoms with Crippen LogP contribution in [-0.4, -0.2) is 16.4 Å². The van der Waals surface area contributed by atoms with Crippen molar-refractivity contribution in [2.45, 2.75) is 88.9 Å². The lowest BCUT2D eigenvalue weighted by Gasteiger charge is -2.27. The summed E-state index contributed by atoms with van der Waals surface area (Å²) in [6.45, 7) is 0. The number of halogens is 2. The average molecular weight is 588 g/mol. The van der Waals surface area contributed by atoms with E-state index in [0.29, 0.717) is 17.6 Å². The van der Waals surface area contributed by atoms with Gasteiger partial charge in [0.15, 0.2) is 0 Å². The first-order valence-electron chi connectivity index (χ1n) is 13.5. The summed E-state index contributed by atoms with van der Waals surface area (Å²) in [4.78, 5) is 14.4. The number of alkyl halides is 2. The molecule has 0 aliphatic heterocycles. The van der Waals surface area contributed by atoms with Crippen LogP contribution in [0.25, 0.3) is 0 Å². The standard InChI is InChI=1S/C31H40Br2O/c32-19-17-23-9-13-27(14-10-23)29(21-25-5-1-2-6-25)31(34)30(22-26-7-3-4-8-26)28-15-11-24(12-16-28)18-20-33/h9-16,25-26,29-30H,1-8,17-22H2. The summed E-state index contributed by atoms with van der Waals surface area (Å²) in [6, 6.07) is 18.0. The minimum Gasteiger partial charge on any atom is -0.298 e. The number of rotatable bonds is 12. The van der Waals surface area contributed by atoms with Gasteiger partial charge in [0.1, 0.15) is 5.78 Å². The van der Waals surface area contributed by atoms with Crippen molar-refractivity contribution >= 4 is 37.6 Å². The van der Waals surface area contributed by atoms with Gasteiger partial charge in [-0.1, -0.05) is 132 Å². The van der Waals surface area contributed by atoms with Crippen molar-refractivity contribution in [1.29, 1.82) is 0 Å². The number of aryl methyl sites for hydroxylation is 2. The van der Waals surface area contributed by atoms with Gasteiger partial charge in [-0.05, 0) is 59.8 Å². The lowest BCUT2D eigenvalue weighted by Crippen LogP contribution is -2.24. The minimum atomic E-state index is 0.0229. The van der Waals surface area contributed by atoms with E-state index in [-0.39, 0.29) is 11.8 Å². The molecule has 1 nitrogen and oxygen atoms in total. The first-order valence-corrected chi connectivity index (χ1v) is 15.8. The molecule has 0 saturated heterocycles. The SMILES string of the molecule is O=C(C(CC1CCCC1)c1ccc(CCBr)cc1)C(CC1CCCC1)c1ccc(CCBr)cc1. The summed E-state index contributed by atoms with van der Waals surface area (Å²) in [5.74, 6) is 1.92. The van der Waals surface area contributed by atoms with Crippen LogP contribution in [-0.2, 0) is 17.6 Å². The summed E-state index contributed by atoms with van der Waals surface area (Å²) in [5, 5.41) is 1.95. The molecule has 2 aromatic carbocycles. The second-order valence-electron chi connectivity index (χ2n) is 10.6. The lowest BCUT2D eigenvalue weighted by atomic mass is 9.75. The second kappa shape index (κ2) is 13.4. The molecule has 0 N–H and O–H groups in total. The van der Waals surface area contributed by atoms with Gasteiger partial charge in [0.05, 0.1) is 0 Å². The molecule has 184 valence electrons. The molecule has 2 fully saturated rings. The summed E-state index contributed by atoms with van der Waals surface area (Å²) in [7, 11) is 0. The quantitative estimate of drug-likeness (QED) is 0.226. The molecule has 4 rings (SSSR count). The third kappa shape index (κ3) is 7.06. The summed E-state index contributed by atoms with van der Waals surface area (Å²) in [5.41, 5.74) is 5.17. The van der Waals surface area contributed by atoms with Crippen molar-refractivity contribution in [1.82, 2.24) is 0 Å². The van der Waals surface area contributed by atoms with Crippen molar-refractivity contribution in [3.63, 3.8) is 0 Å². The predicted octanol–water partition coefficient (Wildman–Crippen LogP) is 9.16. The Labute approximate surface area is 223 Å². The molecule has 0 bridgehead atoms. The van der Waals surface area contributed by atoms with E-state index in [9.17, 15) is 4.79 Å². The highest BCUT2D eigenvalue weighted by Gasteiger charge is 2.34. The van der Waals surface area contributed by atoms with E-state index in [2.05, 4.69) is 80.4 Å². The topological polar surface area (TPSA) is 17.1 Å². The van der Waals surface area contributed by atoms with Gasteiger partial charge in [-0.2, -0.15) is 0 Å². The van der Waals surface area contributed by atoms with Crippen LogP contribution in [0.15, 0.2) is 48.5 Å². The third-order valence-electron chi connectivity index (χ3n) is 8.30. The predicted molar refractivity (Wildman–Crippen MR) is 152 cm³/mol. The summed E-state index contributed by atoms with van der Waals surface area (Å²) in [6.07, 6.45) is 14.6. The smallest absolute Gasteiger partial charge is 0.147 e. The van der Waals surface area contributed by atoms with Crippen LogP contribution in [0.4, 0.5) is 0 Å². The molecule has 2 aliphatic carbocycles. The Morgan fingerprint density at radius 1 is 0.647 bits per heavy atom. The number of hydrogen-bond acceptors (Lipinski definition) is 1. The van der Waals surface area contributed by atoms with Gasteiger partial charge in [0.2, 0.25) is 0 Å². The summed E-state index contributed by atoms with van der Waals surface area (Å²) < 4.78 is 0. The van der Waals surface area contributed by atoms with Crippen molar-refractivity contribution in [3.8, 4) is 0 Å². The van der Waals surface area contributed by atoms with Crippen LogP contribution < -0.4 is 0 Å². The maximum absolute atomic E-state index is 14.4. The fourth-order valence-electron chi connectivity index (χ4n) is 6.29. The van der Waals surface area contributed by atoms with Crippen molar-refractivity contribution < 1.29 is 4.79 Å². The van der Waals surface area contributed by atoms with Gasteiger partial charge in [0.25, 0.3) is 0 Å². The normalized spacial score (nSPS) is 18.9. The molecule has 0 spiro atoms. The van der Waals surface area contributed by atoms with E-state index in [1.807, 2.05) is 0 Å². The van der Waals surface area contributed by atoms with Gasteiger partial charge >= 0.3 is 0 Å². The van der Waals surface area contributed by atoms with Gasteiger partial charge in [-0.15, -0.1) is 0 Å². The number of Topliss-reactive ketones (excluding diaryl/α,β-unsaturated/α-hetero) is 1. The Morgan fingerprint density at radius 3 is 1.32 bits per heavy atom. The molecular weight excluding hydrogens is 548 g/mol. The molecule has 0 amide bonds. The fraction of sp³-hybridized carbons (Fsp3) is 0.581. The highest BCUT2D eigenvalue weighted by molar-refractivity contribution is 9.09. The molecule has 3 heteroatoms. The lowest BCUT2D eigenvalue weighted by molar-refractivity contribution is -0.122. The van der Waals surface area contributed by atoms with Crippen LogP contribution >= 0.6 is 31.9 Å². The molecular formula is C31H40Br2O. The molecule has 2 unspecified atom stereocenters. The van der Waals surface area contributed by atoms with Gasteiger partial charge in [-0.3, -0.25) is 4.79 Å². The largest absolute Gasteiger partial charge is 0.298 e. The van der Waals surface area contributed by atoms with Gasteiger partial charge < -0.3 is 0 Å². The number of benzene rings is 2. The van der Waals surface area contributed by atoms with Gasteiger partial charge in [0, 0.05) is 22.5 Å². The highest BCUT2D eigenvalue weighted by atomic mass is 79.9. The van der Waals surface area contributed by atoms with Crippen LogP contribution in [0.1, 0.15) is 98.3 Å². The van der Waals surface area contributed by atoms with E-state index >= 15 is 0 Å². The van der Waals surface area contributed by atoms with Crippen molar-refractivity contribution in [2.75, 3.05) is 10.7 Å². The molecule has 0 radical (unpaired) electrons. The number of hydrogen-bond donors (Lipinski definition) is 0. The molecule has 34 heavy (non-hydrogen) atoms. The Balaban J connectivity index is 1.62. The minimum absolute atomic E-state index is 0.0229. The zero-order valence-corrected chi connectivity index (χ0v) is 23.7. The molecule has 2 saturated carbocycles. The monoisotopic (exact) mass is 586 g/mol. The fourth-order valence-corrected chi connectivity index (χ4v) is 7.20.